The number of piperazine rings is 1. The molecule has 0 aliphatic carbocycles. The van der Waals surface area contributed by atoms with Gasteiger partial charge in [-0.2, -0.15) is 4.31 Å². The van der Waals surface area contributed by atoms with Crippen molar-refractivity contribution < 1.29 is 22.3 Å². The zero-order valence-electron chi connectivity index (χ0n) is 24.9. The van der Waals surface area contributed by atoms with E-state index in [1.165, 1.54) is 35.7 Å². The van der Waals surface area contributed by atoms with Gasteiger partial charge in [0.2, 0.25) is 15.9 Å². The predicted molar refractivity (Wildman–Crippen MR) is 168 cm³/mol. The third-order valence-electron chi connectivity index (χ3n) is 8.02. The number of amides is 1. The highest BCUT2D eigenvalue weighted by Gasteiger charge is 2.38. The SMILES string of the molecule is COc1ccc(S(=O)(=O)N2[C@@H](CCc3c(F)cccc3NC(=O)[C@@H](N)C(c3ccc(Cl)cc3)C(C)C)CNC[C@@H]2C)cc1. The molecule has 1 amide bonds. The fraction of sp³-hybridized carbons (Fsp3) is 0.406. The van der Waals surface area contributed by atoms with Crippen molar-refractivity contribution >= 4 is 33.2 Å². The van der Waals surface area contributed by atoms with E-state index in [1.807, 2.05) is 32.9 Å². The molecule has 4 atom stereocenters. The predicted octanol–water partition coefficient (Wildman–Crippen LogP) is 5.18. The summed E-state index contributed by atoms with van der Waals surface area (Å²) in [6.45, 7) is 6.74. The van der Waals surface area contributed by atoms with E-state index in [4.69, 9.17) is 22.1 Å². The molecular weight excluding hydrogens is 591 g/mol. The van der Waals surface area contributed by atoms with Gasteiger partial charge in [-0.3, -0.25) is 4.79 Å². The number of methoxy groups -OCH3 is 1. The minimum absolute atomic E-state index is 0.0494. The van der Waals surface area contributed by atoms with Crippen LogP contribution in [0.4, 0.5) is 10.1 Å². The molecule has 43 heavy (non-hydrogen) atoms. The van der Waals surface area contributed by atoms with E-state index in [1.54, 1.807) is 30.3 Å². The second-order valence-electron chi connectivity index (χ2n) is 11.3. The average Bonchev–Trinajstić information content (AvgIpc) is 2.97. The van der Waals surface area contributed by atoms with Gasteiger partial charge in [-0.15, -0.1) is 0 Å². The van der Waals surface area contributed by atoms with E-state index in [0.29, 0.717) is 41.5 Å². The van der Waals surface area contributed by atoms with Crippen molar-refractivity contribution in [3.05, 3.63) is 88.7 Å². The van der Waals surface area contributed by atoms with Crippen molar-refractivity contribution in [2.45, 2.75) is 62.6 Å². The number of nitrogens with zero attached hydrogens (tertiary/aromatic N) is 1. The summed E-state index contributed by atoms with van der Waals surface area (Å²) in [5.74, 6) is -0.595. The molecule has 1 aliphatic rings. The number of hydrogen-bond acceptors (Lipinski definition) is 6. The average molecular weight is 631 g/mol. The lowest BCUT2D eigenvalue weighted by molar-refractivity contribution is -0.118. The maximum Gasteiger partial charge on any atom is 0.243 e. The van der Waals surface area contributed by atoms with E-state index < -0.39 is 33.8 Å². The molecule has 4 rings (SSSR count). The molecule has 232 valence electrons. The molecule has 1 unspecified atom stereocenters. The van der Waals surface area contributed by atoms with Gasteiger partial charge in [0.05, 0.1) is 18.0 Å². The van der Waals surface area contributed by atoms with E-state index in [2.05, 4.69) is 10.6 Å². The van der Waals surface area contributed by atoms with Gasteiger partial charge in [0, 0.05) is 47.4 Å². The number of halogens is 2. The van der Waals surface area contributed by atoms with Gasteiger partial charge in [-0.25, -0.2) is 12.8 Å². The van der Waals surface area contributed by atoms with Crippen molar-refractivity contribution in [3.63, 3.8) is 0 Å². The third-order valence-corrected chi connectivity index (χ3v) is 10.3. The Kier molecular flexibility index (Phi) is 10.8. The van der Waals surface area contributed by atoms with Crippen LogP contribution in [0.2, 0.25) is 5.02 Å². The zero-order valence-corrected chi connectivity index (χ0v) is 26.5. The van der Waals surface area contributed by atoms with Crippen LogP contribution < -0.4 is 21.1 Å². The highest BCUT2D eigenvalue weighted by molar-refractivity contribution is 7.89. The summed E-state index contributed by atoms with van der Waals surface area (Å²) < 4.78 is 49.4. The molecule has 0 saturated carbocycles. The molecule has 0 aromatic heterocycles. The molecular formula is C32H40ClFN4O4S. The van der Waals surface area contributed by atoms with Gasteiger partial charge in [0.25, 0.3) is 0 Å². The first kappa shape index (κ1) is 32.9. The first-order chi connectivity index (χ1) is 20.4. The van der Waals surface area contributed by atoms with Crippen molar-refractivity contribution in [2.24, 2.45) is 11.7 Å². The van der Waals surface area contributed by atoms with Gasteiger partial charge >= 0.3 is 0 Å². The van der Waals surface area contributed by atoms with Gasteiger partial charge in [0.15, 0.2) is 0 Å². The Morgan fingerprint density at radius 1 is 1.12 bits per heavy atom. The smallest absolute Gasteiger partial charge is 0.243 e. The summed E-state index contributed by atoms with van der Waals surface area (Å²) >= 11 is 6.06. The molecule has 3 aromatic carbocycles. The summed E-state index contributed by atoms with van der Waals surface area (Å²) in [7, 11) is -2.32. The quantitative estimate of drug-likeness (QED) is 0.269. The minimum atomic E-state index is -3.84. The Labute approximate surface area is 258 Å². The van der Waals surface area contributed by atoms with Crippen LogP contribution in [0.3, 0.4) is 0 Å². The highest BCUT2D eigenvalue weighted by atomic mass is 35.5. The number of sulfonamides is 1. The number of rotatable bonds is 11. The van der Waals surface area contributed by atoms with Crippen molar-refractivity contribution in [2.75, 3.05) is 25.5 Å². The summed E-state index contributed by atoms with van der Waals surface area (Å²) in [5.41, 5.74) is 7.99. The van der Waals surface area contributed by atoms with Crippen LogP contribution in [0.25, 0.3) is 0 Å². The number of carbonyl (C=O) groups is 1. The lowest BCUT2D eigenvalue weighted by Gasteiger charge is -2.40. The van der Waals surface area contributed by atoms with Gasteiger partial charge in [0.1, 0.15) is 11.6 Å². The molecule has 8 nitrogen and oxygen atoms in total. The van der Waals surface area contributed by atoms with Gasteiger partial charge < -0.3 is 21.1 Å². The summed E-state index contributed by atoms with van der Waals surface area (Å²) in [4.78, 5) is 13.6. The number of carbonyl (C=O) groups excluding carboxylic acids is 1. The fourth-order valence-electron chi connectivity index (χ4n) is 5.84. The Balaban J connectivity index is 1.54. The Bertz CT molecular complexity index is 1500. The van der Waals surface area contributed by atoms with E-state index in [-0.39, 0.29) is 29.2 Å². The van der Waals surface area contributed by atoms with E-state index >= 15 is 4.39 Å². The van der Waals surface area contributed by atoms with Crippen LogP contribution in [0.5, 0.6) is 5.75 Å². The van der Waals surface area contributed by atoms with Gasteiger partial charge in [-0.1, -0.05) is 43.6 Å². The second kappa shape index (κ2) is 14.2. The molecule has 1 heterocycles. The Hall–Kier alpha value is -3.02. The maximum absolute atomic E-state index is 15.2. The molecule has 4 N–H and O–H groups in total. The number of hydrogen-bond donors (Lipinski definition) is 3. The van der Waals surface area contributed by atoms with Crippen molar-refractivity contribution in [1.82, 2.24) is 9.62 Å². The molecule has 1 saturated heterocycles. The first-order valence-electron chi connectivity index (χ1n) is 14.4. The number of ether oxygens (including phenoxy) is 1. The topological polar surface area (TPSA) is 114 Å². The van der Waals surface area contributed by atoms with Crippen LogP contribution >= 0.6 is 11.6 Å². The Morgan fingerprint density at radius 2 is 1.79 bits per heavy atom. The Morgan fingerprint density at radius 3 is 2.42 bits per heavy atom. The molecule has 3 aromatic rings. The second-order valence-corrected chi connectivity index (χ2v) is 13.6. The van der Waals surface area contributed by atoms with E-state index in [0.717, 1.165) is 5.56 Å². The van der Waals surface area contributed by atoms with Crippen LogP contribution in [0.15, 0.2) is 71.6 Å². The molecule has 1 aliphatic heterocycles. The number of nitrogens with two attached hydrogens (primary N) is 1. The number of anilines is 1. The third kappa shape index (κ3) is 7.56. The molecule has 0 spiro atoms. The monoisotopic (exact) mass is 630 g/mol. The zero-order chi connectivity index (χ0) is 31.3. The van der Waals surface area contributed by atoms with Crippen molar-refractivity contribution in [1.29, 1.82) is 0 Å². The summed E-state index contributed by atoms with van der Waals surface area (Å²) in [5, 5.41) is 6.74. The fourth-order valence-corrected chi connectivity index (χ4v) is 7.81. The van der Waals surface area contributed by atoms with Crippen LogP contribution in [0.1, 0.15) is 44.2 Å². The van der Waals surface area contributed by atoms with Crippen LogP contribution in [-0.4, -0.2) is 57.0 Å². The summed E-state index contributed by atoms with van der Waals surface area (Å²) in [6, 6.07) is 16.4. The molecule has 0 bridgehead atoms. The van der Waals surface area contributed by atoms with Crippen molar-refractivity contribution in [3.8, 4) is 5.75 Å². The standard InChI is InChI=1S/C32H40ClFN4O4S/c1-20(2)30(22-8-10-23(33)11-9-22)31(35)32(39)37-29-7-5-6-28(34)27(29)17-12-24-19-36-18-21(3)38(24)43(40,41)26-15-13-25(42-4)14-16-26/h5-11,13-16,20-21,24,30-31,36H,12,17-19,35H2,1-4H3,(H,37,39)/t21-,24-,30?,31-/m0/s1. The lowest BCUT2D eigenvalue weighted by Crippen LogP contribution is -2.58. The van der Waals surface area contributed by atoms with E-state index in [9.17, 15) is 13.2 Å². The van der Waals surface area contributed by atoms with Crippen LogP contribution in [-0.2, 0) is 21.2 Å². The lowest BCUT2D eigenvalue weighted by atomic mass is 9.82. The molecule has 11 heteroatoms. The summed E-state index contributed by atoms with van der Waals surface area (Å²) in [6.07, 6.45) is 0.540. The minimum Gasteiger partial charge on any atom is -0.497 e. The largest absolute Gasteiger partial charge is 0.497 e. The molecule has 1 fully saturated rings. The number of nitrogens with one attached hydrogen (secondary N) is 2. The van der Waals surface area contributed by atoms with Gasteiger partial charge in [-0.05, 0) is 79.8 Å². The highest BCUT2D eigenvalue weighted by Crippen LogP contribution is 2.31. The normalized spacial score (nSPS) is 19.2. The van der Waals surface area contributed by atoms with Crippen LogP contribution in [0, 0.1) is 11.7 Å². The molecule has 0 radical (unpaired) electrons. The maximum atomic E-state index is 15.2. The first-order valence-corrected chi connectivity index (χ1v) is 16.2. The number of benzene rings is 3.